The van der Waals surface area contributed by atoms with Crippen LogP contribution in [-0.2, 0) is 20.7 Å². The van der Waals surface area contributed by atoms with Crippen LogP contribution in [0.2, 0.25) is 0 Å². The van der Waals surface area contributed by atoms with E-state index in [1.165, 1.54) is 16.8 Å². The van der Waals surface area contributed by atoms with Crippen molar-refractivity contribution in [3.63, 3.8) is 0 Å². The van der Waals surface area contributed by atoms with Gasteiger partial charge in [0.05, 0.1) is 19.8 Å². The maximum Gasteiger partial charge on any atom is 0.328 e. The number of nitrogens with one attached hydrogen (secondary N) is 1. The largest absolute Gasteiger partial charge is 0.464 e. The predicted octanol–water partition coefficient (Wildman–Crippen LogP) is 2.75. The molecule has 0 amide bonds. The number of ether oxygens (including phenoxy) is 2. The number of hydrogen-bond acceptors (Lipinski definition) is 6. The average molecular weight is 444 g/mol. The van der Waals surface area contributed by atoms with Crippen LogP contribution in [0.1, 0.15) is 25.3 Å². The zero-order valence-corrected chi connectivity index (χ0v) is 18.7. The first kappa shape index (κ1) is 23.8. The van der Waals surface area contributed by atoms with E-state index in [0.29, 0.717) is 12.6 Å². The highest BCUT2D eigenvalue weighted by Gasteiger charge is 2.37. The van der Waals surface area contributed by atoms with Gasteiger partial charge in [0, 0.05) is 38.3 Å². The topological polar surface area (TPSA) is 54.0 Å². The van der Waals surface area contributed by atoms with Crippen LogP contribution in [0.15, 0.2) is 35.7 Å². The van der Waals surface area contributed by atoms with Crippen molar-refractivity contribution >= 4 is 36.5 Å². The minimum absolute atomic E-state index is 0. The third-order valence-electron chi connectivity index (χ3n) is 5.87. The Bertz CT molecular complexity index is 738. The standard InChI is InChI=1S/C21H29N3O3.2ClH/c1-3-27-21(25)17-8-9-19(24-10-12-26-13-11-24)16-14-15-6-4-5-7-18(15)23(2)20(16)22-17;;/h4-7,17,19,22H,3,8-14H2,1-2H3;2*1H. The summed E-state index contributed by atoms with van der Waals surface area (Å²) in [6, 6.07) is 8.56. The van der Waals surface area contributed by atoms with Crippen molar-refractivity contribution < 1.29 is 14.3 Å². The number of esters is 1. The predicted molar refractivity (Wildman–Crippen MR) is 119 cm³/mol. The van der Waals surface area contributed by atoms with Crippen LogP contribution in [0.5, 0.6) is 0 Å². The number of rotatable bonds is 3. The second-order valence-corrected chi connectivity index (χ2v) is 7.43. The van der Waals surface area contributed by atoms with Crippen LogP contribution in [0.3, 0.4) is 0 Å². The first-order valence-electron chi connectivity index (χ1n) is 9.98. The van der Waals surface area contributed by atoms with E-state index in [1.807, 2.05) is 6.92 Å². The van der Waals surface area contributed by atoms with Gasteiger partial charge < -0.3 is 19.7 Å². The molecule has 3 heterocycles. The lowest BCUT2D eigenvalue weighted by atomic mass is 9.90. The van der Waals surface area contributed by atoms with E-state index < -0.39 is 0 Å². The molecule has 0 saturated carbocycles. The highest BCUT2D eigenvalue weighted by Crippen LogP contribution is 2.37. The third kappa shape index (κ3) is 4.82. The quantitative estimate of drug-likeness (QED) is 0.724. The summed E-state index contributed by atoms with van der Waals surface area (Å²) in [6.45, 7) is 5.71. The molecular weight excluding hydrogens is 413 g/mol. The van der Waals surface area contributed by atoms with Crippen molar-refractivity contribution in [3.8, 4) is 0 Å². The monoisotopic (exact) mass is 443 g/mol. The van der Waals surface area contributed by atoms with Crippen LogP contribution in [0, 0.1) is 0 Å². The molecule has 2 unspecified atom stereocenters. The van der Waals surface area contributed by atoms with Crippen LogP contribution in [0.25, 0.3) is 0 Å². The van der Waals surface area contributed by atoms with Crippen LogP contribution in [0.4, 0.5) is 5.69 Å². The minimum atomic E-state index is -0.297. The van der Waals surface area contributed by atoms with E-state index in [2.05, 4.69) is 46.4 Å². The molecule has 3 aliphatic heterocycles. The molecule has 1 N–H and O–H groups in total. The van der Waals surface area contributed by atoms with Crippen molar-refractivity contribution in [2.75, 3.05) is 44.9 Å². The first-order chi connectivity index (χ1) is 13.2. The van der Waals surface area contributed by atoms with Crippen LogP contribution in [-0.4, -0.2) is 62.9 Å². The van der Waals surface area contributed by atoms with Gasteiger partial charge in [0.2, 0.25) is 0 Å². The van der Waals surface area contributed by atoms with Crippen molar-refractivity contribution in [3.05, 3.63) is 41.2 Å². The molecule has 0 aromatic heterocycles. The number of carbonyl (C=O) groups excluding carboxylic acids is 1. The lowest BCUT2D eigenvalue weighted by Gasteiger charge is -2.39. The number of fused-ring (bicyclic) bond motifs is 1. The first-order valence-corrected chi connectivity index (χ1v) is 9.98. The molecule has 3 aliphatic rings. The fourth-order valence-electron chi connectivity index (χ4n) is 4.53. The molecule has 4 rings (SSSR count). The summed E-state index contributed by atoms with van der Waals surface area (Å²) >= 11 is 0. The zero-order valence-electron chi connectivity index (χ0n) is 17.1. The summed E-state index contributed by atoms with van der Waals surface area (Å²) < 4.78 is 10.9. The summed E-state index contributed by atoms with van der Waals surface area (Å²) in [7, 11) is 2.09. The minimum Gasteiger partial charge on any atom is -0.464 e. The normalized spacial score (nSPS) is 24.1. The fourth-order valence-corrected chi connectivity index (χ4v) is 4.53. The van der Waals surface area contributed by atoms with Gasteiger partial charge in [0.1, 0.15) is 11.9 Å². The summed E-state index contributed by atoms with van der Waals surface area (Å²) in [5.41, 5.74) is 3.92. The Morgan fingerprint density at radius 3 is 2.66 bits per heavy atom. The van der Waals surface area contributed by atoms with Gasteiger partial charge in [-0.15, -0.1) is 24.8 Å². The van der Waals surface area contributed by atoms with Gasteiger partial charge in [-0.25, -0.2) is 4.79 Å². The van der Waals surface area contributed by atoms with Crippen molar-refractivity contribution in [2.24, 2.45) is 0 Å². The number of anilines is 1. The summed E-state index contributed by atoms with van der Waals surface area (Å²) in [5, 5.41) is 3.54. The number of nitrogens with zero attached hydrogens (tertiary/aromatic N) is 2. The lowest BCUT2D eigenvalue weighted by molar-refractivity contribution is -0.145. The van der Waals surface area contributed by atoms with E-state index in [-0.39, 0.29) is 36.8 Å². The van der Waals surface area contributed by atoms with Crippen molar-refractivity contribution in [2.45, 2.75) is 38.3 Å². The number of para-hydroxylation sites is 1. The maximum absolute atomic E-state index is 12.5. The number of halogens is 2. The Hall–Kier alpha value is -1.47. The molecule has 0 radical (unpaired) electrons. The summed E-state index contributed by atoms with van der Waals surface area (Å²) in [5.74, 6) is 0.917. The molecular formula is C21H31Cl2N3O3. The van der Waals surface area contributed by atoms with Gasteiger partial charge in [-0.05, 0) is 37.0 Å². The molecule has 0 spiro atoms. The average Bonchev–Trinajstić information content (AvgIpc) is 2.89. The number of carbonyl (C=O) groups is 1. The zero-order chi connectivity index (χ0) is 18.8. The van der Waals surface area contributed by atoms with Gasteiger partial charge in [-0.3, -0.25) is 4.90 Å². The molecule has 0 aliphatic carbocycles. The van der Waals surface area contributed by atoms with Crippen LogP contribution < -0.4 is 10.2 Å². The Morgan fingerprint density at radius 1 is 1.21 bits per heavy atom. The smallest absolute Gasteiger partial charge is 0.328 e. The van der Waals surface area contributed by atoms with Gasteiger partial charge in [-0.1, -0.05) is 18.2 Å². The van der Waals surface area contributed by atoms with Crippen LogP contribution >= 0.6 is 24.8 Å². The Kier molecular flexibility index (Phi) is 8.64. The Morgan fingerprint density at radius 2 is 1.93 bits per heavy atom. The third-order valence-corrected chi connectivity index (χ3v) is 5.87. The highest BCUT2D eigenvalue weighted by atomic mass is 35.5. The van der Waals surface area contributed by atoms with E-state index in [1.54, 1.807) is 0 Å². The number of benzene rings is 1. The Labute approximate surface area is 185 Å². The van der Waals surface area contributed by atoms with Gasteiger partial charge in [0.25, 0.3) is 0 Å². The fraction of sp³-hybridized carbons (Fsp3) is 0.571. The molecule has 1 aromatic rings. The maximum atomic E-state index is 12.5. The van der Waals surface area contributed by atoms with Gasteiger partial charge in [-0.2, -0.15) is 0 Å². The molecule has 6 nitrogen and oxygen atoms in total. The molecule has 1 aromatic carbocycles. The van der Waals surface area contributed by atoms with E-state index in [0.717, 1.165) is 51.4 Å². The Balaban J connectivity index is 0.00000150. The van der Waals surface area contributed by atoms with Crippen molar-refractivity contribution in [1.29, 1.82) is 0 Å². The molecule has 0 bridgehead atoms. The van der Waals surface area contributed by atoms with Gasteiger partial charge >= 0.3 is 5.97 Å². The van der Waals surface area contributed by atoms with E-state index >= 15 is 0 Å². The summed E-state index contributed by atoms with van der Waals surface area (Å²) in [6.07, 6.45) is 2.64. The molecule has 29 heavy (non-hydrogen) atoms. The second kappa shape index (κ2) is 10.5. The number of hydrogen-bond donors (Lipinski definition) is 1. The summed E-state index contributed by atoms with van der Waals surface area (Å²) in [4.78, 5) is 17.2. The molecule has 8 heteroatoms. The number of morpholine rings is 1. The molecule has 1 fully saturated rings. The van der Waals surface area contributed by atoms with E-state index in [4.69, 9.17) is 9.47 Å². The lowest BCUT2D eigenvalue weighted by Crippen LogP contribution is -2.46. The SMILES string of the molecule is CCOC(=O)C1CCC(N2CCOCC2)C2=C(N1)N(C)c1ccccc1C2.Cl.Cl. The van der Waals surface area contributed by atoms with Crippen molar-refractivity contribution in [1.82, 2.24) is 10.2 Å². The highest BCUT2D eigenvalue weighted by molar-refractivity contribution is 5.85. The van der Waals surface area contributed by atoms with E-state index in [9.17, 15) is 4.79 Å². The molecule has 1 saturated heterocycles. The second-order valence-electron chi connectivity index (χ2n) is 7.43. The molecule has 2 atom stereocenters. The molecule has 162 valence electrons. The van der Waals surface area contributed by atoms with Gasteiger partial charge in [0.15, 0.2) is 0 Å².